The highest BCUT2D eigenvalue weighted by atomic mass is 15.2. The molecule has 1 fully saturated rings. The summed E-state index contributed by atoms with van der Waals surface area (Å²) in [6.45, 7) is 0. The van der Waals surface area contributed by atoms with Crippen LogP contribution in [0.5, 0.6) is 0 Å². The van der Waals surface area contributed by atoms with Gasteiger partial charge in [-0.15, -0.1) is 0 Å². The lowest BCUT2D eigenvalue weighted by atomic mass is 9.85. The van der Waals surface area contributed by atoms with Gasteiger partial charge in [0.25, 0.3) is 0 Å². The van der Waals surface area contributed by atoms with Crippen molar-refractivity contribution in [2.24, 2.45) is 11.0 Å². The SMILES string of the molecule is [N-]=[N+]=N[C@H](CC1CCCCC1)c1ncccn1. The molecule has 0 radical (unpaired) electrons. The Kier molecular flexibility index (Phi) is 4.33. The van der Waals surface area contributed by atoms with Gasteiger partial charge in [0.05, 0.1) is 6.04 Å². The van der Waals surface area contributed by atoms with Gasteiger partial charge < -0.3 is 0 Å². The Morgan fingerprint density at radius 3 is 2.65 bits per heavy atom. The monoisotopic (exact) mass is 231 g/mol. The maximum absolute atomic E-state index is 8.63. The molecule has 0 spiro atoms. The zero-order valence-electron chi connectivity index (χ0n) is 9.87. The average Bonchev–Trinajstić information content (AvgIpc) is 2.40. The van der Waals surface area contributed by atoms with E-state index in [4.69, 9.17) is 5.53 Å². The normalized spacial score (nSPS) is 18.4. The van der Waals surface area contributed by atoms with Crippen LogP contribution < -0.4 is 0 Å². The molecular formula is C12H17N5. The Balaban J connectivity index is 2.04. The molecule has 0 aliphatic heterocycles. The minimum atomic E-state index is -0.204. The molecule has 0 amide bonds. The van der Waals surface area contributed by atoms with Crippen molar-refractivity contribution in [3.63, 3.8) is 0 Å². The molecule has 5 heteroatoms. The Morgan fingerprint density at radius 1 is 1.29 bits per heavy atom. The Morgan fingerprint density at radius 2 is 2.00 bits per heavy atom. The zero-order chi connectivity index (χ0) is 11.9. The van der Waals surface area contributed by atoms with Crippen molar-refractivity contribution >= 4 is 0 Å². The molecule has 1 aromatic rings. The first-order chi connectivity index (χ1) is 8.40. The number of nitrogens with zero attached hydrogens (tertiary/aromatic N) is 5. The van der Waals surface area contributed by atoms with E-state index in [0.29, 0.717) is 11.7 Å². The molecule has 0 aromatic carbocycles. The van der Waals surface area contributed by atoms with Crippen LogP contribution in [0.4, 0.5) is 0 Å². The largest absolute Gasteiger partial charge is 0.241 e. The summed E-state index contributed by atoms with van der Waals surface area (Å²) in [6, 6.07) is 1.57. The van der Waals surface area contributed by atoms with Gasteiger partial charge in [0.15, 0.2) is 0 Å². The molecule has 0 N–H and O–H groups in total. The van der Waals surface area contributed by atoms with Crippen LogP contribution in [0.2, 0.25) is 0 Å². The molecule has 1 saturated carbocycles. The highest BCUT2D eigenvalue weighted by molar-refractivity contribution is 4.97. The smallest absolute Gasteiger partial charge is 0.137 e. The van der Waals surface area contributed by atoms with E-state index in [1.165, 1.54) is 32.1 Å². The van der Waals surface area contributed by atoms with Gasteiger partial charge in [-0.3, -0.25) is 0 Å². The van der Waals surface area contributed by atoms with Crippen molar-refractivity contribution in [1.29, 1.82) is 0 Å². The molecule has 1 heterocycles. The van der Waals surface area contributed by atoms with E-state index < -0.39 is 0 Å². The van der Waals surface area contributed by atoms with E-state index in [9.17, 15) is 0 Å². The van der Waals surface area contributed by atoms with Gasteiger partial charge in [0.1, 0.15) is 5.82 Å². The topological polar surface area (TPSA) is 74.5 Å². The van der Waals surface area contributed by atoms with Crippen LogP contribution in [0.15, 0.2) is 23.6 Å². The van der Waals surface area contributed by atoms with E-state index in [1.807, 2.05) is 0 Å². The summed E-state index contributed by atoms with van der Waals surface area (Å²) in [5, 5.41) is 3.84. The first kappa shape index (κ1) is 11.9. The first-order valence-electron chi connectivity index (χ1n) is 6.21. The van der Waals surface area contributed by atoms with Crippen molar-refractivity contribution in [2.45, 2.75) is 44.6 Å². The Bertz CT molecular complexity index is 379. The van der Waals surface area contributed by atoms with Crippen LogP contribution in [0.3, 0.4) is 0 Å². The third-order valence-corrected chi connectivity index (χ3v) is 3.36. The second-order valence-corrected chi connectivity index (χ2v) is 4.57. The van der Waals surface area contributed by atoms with Crippen LogP contribution in [-0.4, -0.2) is 9.97 Å². The fourth-order valence-electron chi connectivity index (χ4n) is 2.49. The zero-order valence-corrected chi connectivity index (χ0v) is 9.87. The number of rotatable bonds is 4. The summed E-state index contributed by atoms with van der Waals surface area (Å²) in [4.78, 5) is 11.3. The van der Waals surface area contributed by atoms with Crippen LogP contribution in [0.1, 0.15) is 50.4 Å². The molecule has 2 rings (SSSR count). The van der Waals surface area contributed by atoms with E-state index in [2.05, 4.69) is 20.0 Å². The van der Waals surface area contributed by atoms with Gasteiger partial charge in [-0.1, -0.05) is 37.2 Å². The first-order valence-corrected chi connectivity index (χ1v) is 6.21. The van der Waals surface area contributed by atoms with Crippen molar-refractivity contribution in [2.75, 3.05) is 0 Å². The number of aromatic nitrogens is 2. The van der Waals surface area contributed by atoms with Gasteiger partial charge in [0.2, 0.25) is 0 Å². The summed E-state index contributed by atoms with van der Waals surface area (Å²) in [5.41, 5.74) is 8.63. The van der Waals surface area contributed by atoms with Crippen LogP contribution in [-0.2, 0) is 0 Å². The fraction of sp³-hybridized carbons (Fsp3) is 0.667. The predicted octanol–water partition coefficient (Wildman–Crippen LogP) is 3.80. The lowest BCUT2D eigenvalue weighted by Crippen LogP contribution is -2.11. The standard InChI is InChI=1S/C12H17N5/c13-17-16-11(12-14-7-4-8-15-12)9-10-5-2-1-3-6-10/h4,7-8,10-11H,1-3,5-6,9H2/t11-/m1/s1. The number of hydrogen-bond donors (Lipinski definition) is 0. The van der Waals surface area contributed by atoms with Crippen molar-refractivity contribution < 1.29 is 0 Å². The van der Waals surface area contributed by atoms with Crippen molar-refractivity contribution in [3.8, 4) is 0 Å². The highest BCUT2D eigenvalue weighted by Crippen LogP contribution is 2.32. The number of hydrogen-bond acceptors (Lipinski definition) is 3. The van der Waals surface area contributed by atoms with Crippen molar-refractivity contribution in [1.82, 2.24) is 9.97 Å². The Hall–Kier alpha value is -1.61. The molecule has 17 heavy (non-hydrogen) atoms. The summed E-state index contributed by atoms with van der Waals surface area (Å²) in [7, 11) is 0. The van der Waals surface area contributed by atoms with E-state index >= 15 is 0 Å². The second kappa shape index (κ2) is 6.21. The quantitative estimate of drug-likeness (QED) is 0.449. The van der Waals surface area contributed by atoms with Crippen molar-refractivity contribution in [3.05, 3.63) is 34.7 Å². The third-order valence-electron chi connectivity index (χ3n) is 3.36. The van der Waals surface area contributed by atoms with Gasteiger partial charge in [-0.05, 0) is 23.9 Å². The van der Waals surface area contributed by atoms with Crippen LogP contribution >= 0.6 is 0 Å². The summed E-state index contributed by atoms with van der Waals surface area (Å²) in [6.07, 6.45) is 10.7. The molecule has 5 nitrogen and oxygen atoms in total. The molecule has 1 aliphatic carbocycles. The molecule has 0 saturated heterocycles. The predicted molar refractivity (Wildman–Crippen MR) is 65.1 cm³/mol. The van der Waals surface area contributed by atoms with E-state index in [1.54, 1.807) is 18.5 Å². The molecule has 0 bridgehead atoms. The average molecular weight is 231 g/mol. The molecule has 0 unspecified atom stereocenters. The molecule has 1 aliphatic rings. The number of azide groups is 1. The minimum absolute atomic E-state index is 0.204. The summed E-state index contributed by atoms with van der Waals surface area (Å²) in [5.74, 6) is 1.30. The summed E-state index contributed by atoms with van der Waals surface area (Å²) >= 11 is 0. The van der Waals surface area contributed by atoms with E-state index in [0.717, 1.165) is 6.42 Å². The molecule has 90 valence electrons. The van der Waals surface area contributed by atoms with E-state index in [-0.39, 0.29) is 6.04 Å². The second-order valence-electron chi connectivity index (χ2n) is 4.57. The van der Waals surface area contributed by atoms with Gasteiger partial charge in [-0.25, -0.2) is 9.97 Å². The fourth-order valence-corrected chi connectivity index (χ4v) is 2.49. The molecule has 1 atom stereocenters. The maximum atomic E-state index is 8.63. The molecule has 1 aromatic heterocycles. The minimum Gasteiger partial charge on any atom is -0.241 e. The van der Waals surface area contributed by atoms with Crippen LogP contribution in [0.25, 0.3) is 10.4 Å². The lowest BCUT2D eigenvalue weighted by Gasteiger charge is -2.23. The van der Waals surface area contributed by atoms with Gasteiger partial charge in [0, 0.05) is 17.3 Å². The van der Waals surface area contributed by atoms with Gasteiger partial charge >= 0.3 is 0 Å². The molecular weight excluding hydrogens is 214 g/mol. The summed E-state index contributed by atoms with van der Waals surface area (Å²) < 4.78 is 0. The highest BCUT2D eigenvalue weighted by Gasteiger charge is 2.20. The van der Waals surface area contributed by atoms with Crippen LogP contribution in [0, 0.1) is 5.92 Å². The van der Waals surface area contributed by atoms with Gasteiger partial charge in [-0.2, -0.15) is 0 Å². The lowest BCUT2D eigenvalue weighted by molar-refractivity contribution is 0.315. The maximum Gasteiger partial charge on any atom is 0.137 e. The third kappa shape index (κ3) is 3.43. The Labute approximate surface area is 101 Å².